The molecule has 4 rings (SSSR count). The molecular formula is C20H25N5O2. The number of aromatic nitrogens is 2. The first-order chi connectivity index (χ1) is 13.0. The van der Waals surface area contributed by atoms with Gasteiger partial charge in [0.25, 0.3) is 0 Å². The Morgan fingerprint density at radius 3 is 2.59 bits per heavy atom. The third-order valence-corrected chi connectivity index (χ3v) is 5.63. The summed E-state index contributed by atoms with van der Waals surface area (Å²) in [4.78, 5) is 28.7. The molecular weight excluding hydrogens is 342 g/mol. The predicted molar refractivity (Wildman–Crippen MR) is 102 cm³/mol. The number of aryl methyl sites for hydroxylation is 1. The van der Waals surface area contributed by atoms with Gasteiger partial charge in [0.1, 0.15) is 0 Å². The van der Waals surface area contributed by atoms with Crippen LogP contribution in [-0.2, 0) is 16.6 Å². The van der Waals surface area contributed by atoms with Crippen molar-refractivity contribution in [1.82, 2.24) is 19.6 Å². The third kappa shape index (κ3) is 3.60. The van der Waals surface area contributed by atoms with Crippen LogP contribution in [0.15, 0.2) is 42.6 Å². The molecule has 0 spiro atoms. The second kappa shape index (κ2) is 7.15. The second-order valence-electron chi connectivity index (χ2n) is 7.57. The Morgan fingerprint density at radius 2 is 1.93 bits per heavy atom. The lowest BCUT2D eigenvalue weighted by atomic mass is 9.89. The molecule has 2 aliphatic rings. The summed E-state index contributed by atoms with van der Waals surface area (Å²) in [6.07, 6.45) is 1.80. The van der Waals surface area contributed by atoms with E-state index in [1.165, 1.54) is 5.56 Å². The van der Waals surface area contributed by atoms with E-state index in [4.69, 9.17) is 0 Å². The lowest BCUT2D eigenvalue weighted by Gasteiger charge is -2.29. The highest BCUT2D eigenvalue weighted by atomic mass is 16.2. The van der Waals surface area contributed by atoms with Crippen molar-refractivity contribution < 1.29 is 9.59 Å². The van der Waals surface area contributed by atoms with E-state index in [1.807, 2.05) is 30.1 Å². The lowest BCUT2D eigenvalue weighted by Crippen LogP contribution is -2.37. The van der Waals surface area contributed by atoms with Crippen LogP contribution < -0.4 is 5.32 Å². The van der Waals surface area contributed by atoms with Crippen molar-refractivity contribution in [3.8, 4) is 0 Å². The number of nitrogens with one attached hydrogen (secondary N) is 1. The van der Waals surface area contributed by atoms with Crippen LogP contribution in [0.3, 0.4) is 0 Å². The van der Waals surface area contributed by atoms with Gasteiger partial charge in [-0.15, -0.1) is 0 Å². The van der Waals surface area contributed by atoms with E-state index < -0.39 is 0 Å². The number of nitrogens with zero attached hydrogens (tertiary/aromatic N) is 4. The van der Waals surface area contributed by atoms with Gasteiger partial charge in [-0.3, -0.25) is 19.2 Å². The Balaban J connectivity index is 1.43. The van der Waals surface area contributed by atoms with Crippen LogP contribution in [0.5, 0.6) is 0 Å². The topological polar surface area (TPSA) is 70.5 Å². The van der Waals surface area contributed by atoms with Gasteiger partial charge in [-0.25, -0.2) is 0 Å². The van der Waals surface area contributed by atoms with E-state index in [2.05, 4.69) is 27.4 Å². The highest BCUT2D eigenvalue weighted by molar-refractivity contribution is 5.91. The van der Waals surface area contributed by atoms with Gasteiger partial charge in [0, 0.05) is 51.8 Å². The van der Waals surface area contributed by atoms with E-state index >= 15 is 0 Å². The van der Waals surface area contributed by atoms with E-state index in [1.54, 1.807) is 23.9 Å². The Bertz CT molecular complexity index is 834. The lowest BCUT2D eigenvalue weighted by molar-refractivity contribution is -0.130. The van der Waals surface area contributed by atoms with Crippen molar-refractivity contribution in [1.29, 1.82) is 0 Å². The monoisotopic (exact) mass is 367 g/mol. The van der Waals surface area contributed by atoms with E-state index in [9.17, 15) is 9.59 Å². The summed E-state index contributed by atoms with van der Waals surface area (Å²) >= 11 is 0. The van der Waals surface area contributed by atoms with Crippen molar-refractivity contribution in [2.75, 3.05) is 31.5 Å². The Morgan fingerprint density at radius 1 is 1.15 bits per heavy atom. The molecule has 2 aromatic rings. The molecule has 0 unspecified atom stereocenters. The molecule has 7 heteroatoms. The Kier molecular flexibility index (Phi) is 4.70. The molecule has 3 atom stereocenters. The first kappa shape index (κ1) is 17.7. The predicted octanol–water partition coefficient (Wildman–Crippen LogP) is 1.51. The first-order valence-electron chi connectivity index (χ1n) is 9.35. The third-order valence-electron chi connectivity index (χ3n) is 5.63. The van der Waals surface area contributed by atoms with Gasteiger partial charge in [0.2, 0.25) is 11.8 Å². The summed E-state index contributed by atoms with van der Waals surface area (Å²) in [6.45, 7) is 4.43. The number of hydrogen-bond acceptors (Lipinski definition) is 4. The second-order valence-corrected chi connectivity index (χ2v) is 7.57. The van der Waals surface area contributed by atoms with Crippen LogP contribution in [0.2, 0.25) is 0 Å². The van der Waals surface area contributed by atoms with Gasteiger partial charge in [-0.2, -0.15) is 5.10 Å². The van der Waals surface area contributed by atoms with Crippen LogP contribution >= 0.6 is 0 Å². The van der Waals surface area contributed by atoms with Gasteiger partial charge >= 0.3 is 0 Å². The molecule has 0 saturated carbocycles. The summed E-state index contributed by atoms with van der Waals surface area (Å²) in [6, 6.07) is 12.1. The highest BCUT2D eigenvalue weighted by Gasteiger charge is 2.48. The fraction of sp³-hybridized carbons (Fsp3) is 0.450. The largest absolute Gasteiger partial charge is 0.335 e. The van der Waals surface area contributed by atoms with Crippen LogP contribution in [0.25, 0.3) is 0 Å². The van der Waals surface area contributed by atoms with Crippen molar-refractivity contribution in [3.63, 3.8) is 0 Å². The van der Waals surface area contributed by atoms with Crippen molar-refractivity contribution in [2.24, 2.45) is 18.9 Å². The zero-order valence-electron chi connectivity index (χ0n) is 15.7. The molecule has 1 N–H and O–H groups in total. The molecule has 2 aliphatic heterocycles. The number of fused-ring (bicyclic) bond motifs is 1. The number of carbonyl (C=O) groups excluding carboxylic acids is 2. The number of amides is 2. The van der Waals surface area contributed by atoms with Crippen molar-refractivity contribution >= 4 is 17.6 Å². The maximum Gasteiger partial charge on any atom is 0.239 e. The van der Waals surface area contributed by atoms with Crippen LogP contribution in [-0.4, -0.2) is 57.6 Å². The number of hydrogen-bond donors (Lipinski definition) is 1. The number of benzene rings is 1. The van der Waals surface area contributed by atoms with E-state index in [0.717, 1.165) is 19.6 Å². The number of anilines is 1. The molecule has 2 amide bonds. The van der Waals surface area contributed by atoms with Crippen LogP contribution in [0.4, 0.5) is 5.82 Å². The Hall–Kier alpha value is -2.67. The standard InChI is InChI=1S/C20H25N5O2/c1-14(26)25-11-16-10-24(13-19(27)21-18-8-9-23(2)22-18)12-17(16)20(25)15-6-4-3-5-7-15/h3-9,16-17,20H,10-13H2,1-2H3,(H,21,22,27)/t16-,17-,20+/m1/s1. The molecule has 27 heavy (non-hydrogen) atoms. The highest BCUT2D eigenvalue weighted by Crippen LogP contribution is 2.44. The maximum absolute atomic E-state index is 12.4. The van der Waals surface area contributed by atoms with Crippen molar-refractivity contribution in [3.05, 3.63) is 48.2 Å². The molecule has 1 aromatic carbocycles. The van der Waals surface area contributed by atoms with Crippen molar-refractivity contribution in [2.45, 2.75) is 13.0 Å². The molecule has 0 aliphatic carbocycles. The van der Waals surface area contributed by atoms with Crippen LogP contribution in [0, 0.1) is 11.8 Å². The normalized spacial score (nSPS) is 24.8. The zero-order chi connectivity index (χ0) is 19.0. The quantitative estimate of drug-likeness (QED) is 0.889. The Labute approximate surface area is 158 Å². The van der Waals surface area contributed by atoms with E-state index in [-0.39, 0.29) is 17.9 Å². The number of rotatable bonds is 4. The smallest absolute Gasteiger partial charge is 0.239 e. The van der Waals surface area contributed by atoms with Gasteiger partial charge in [-0.05, 0) is 11.5 Å². The minimum atomic E-state index is -0.0478. The molecule has 2 saturated heterocycles. The van der Waals surface area contributed by atoms with Gasteiger partial charge in [0.05, 0.1) is 12.6 Å². The minimum absolute atomic E-state index is 0.0478. The molecule has 1 aromatic heterocycles. The number of likely N-dealkylation sites (tertiary alicyclic amines) is 2. The average molecular weight is 367 g/mol. The fourth-order valence-corrected chi connectivity index (χ4v) is 4.53. The summed E-state index contributed by atoms with van der Waals surface area (Å²) < 4.78 is 1.66. The summed E-state index contributed by atoms with van der Waals surface area (Å²) in [5.74, 6) is 1.42. The molecule has 0 bridgehead atoms. The molecule has 7 nitrogen and oxygen atoms in total. The summed E-state index contributed by atoms with van der Waals surface area (Å²) in [5, 5.41) is 7.03. The molecule has 2 fully saturated rings. The fourth-order valence-electron chi connectivity index (χ4n) is 4.53. The number of carbonyl (C=O) groups is 2. The summed E-state index contributed by atoms with van der Waals surface area (Å²) in [7, 11) is 1.82. The maximum atomic E-state index is 12.4. The average Bonchev–Trinajstić information content (AvgIpc) is 3.29. The van der Waals surface area contributed by atoms with E-state index in [0.29, 0.717) is 24.2 Å². The molecule has 3 heterocycles. The molecule has 142 valence electrons. The SMILES string of the molecule is CC(=O)N1C[C@H]2CN(CC(=O)Nc3ccn(C)n3)C[C@H]2[C@@H]1c1ccccc1. The first-order valence-corrected chi connectivity index (χ1v) is 9.35. The summed E-state index contributed by atoms with van der Waals surface area (Å²) in [5.41, 5.74) is 1.18. The van der Waals surface area contributed by atoms with Crippen LogP contribution in [0.1, 0.15) is 18.5 Å². The minimum Gasteiger partial charge on any atom is -0.335 e. The van der Waals surface area contributed by atoms with Gasteiger partial charge < -0.3 is 10.2 Å². The van der Waals surface area contributed by atoms with Gasteiger partial charge in [0.15, 0.2) is 5.82 Å². The van der Waals surface area contributed by atoms with Gasteiger partial charge in [-0.1, -0.05) is 30.3 Å². The molecule has 0 radical (unpaired) electrons. The zero-order valence-corrected chi connectivity index (χ0v) is 15.7.